The molecule has 5 atom stereocenters. The summed E-state index contributed by atoms with van der Waals surface area (Å²) in [7, 11) is -10.0. The number of carbonyl (C=O) groups is 4. The molecule has 5 unspecified atom stereocenters. The van der Waals surface area contributed by atoms with Gasteiger partial charge in [-0.05, 0) is 161 Å². The van der Waals surface area contributed by atoms with Gasteiger partial charge in [-0.2, -0.15) is 0 Å². The fourth-order valence-electron chi connectivity index (χ4n) is 9.54. The van der Waals surface area contributed by atoms with Gasteiger partial charge in [-0.25, -0.2) is 9.13 Å². The Hall–Kier alpha value is -5.84. The molecule has 104 heavy (non-hydrogen) atoms. The van der Waals surface area contributed by atoms with Gasteiger partial charge in [0, 0.05) is 19.3 Å². The largest absolute Gasteiger partial charge is 0.472 e. The van der Waals surface area contributed by atoms with Crippen molar-refractivity contribution in [1.82, 2.24) is 0 Å². The van der Waals surface area contributed by atoms with Crippen molar-refractivity contribution in [2.45, 2.75) is 290 Å². The van der Waals surface area contributed by atoms with Gasteiger partial charge in [0.2, 0.25) is 0 Å². The minimum Gasteiger partial charge on any atom is -0.462 e. The number of phosphoric ester groups is 2. The van der Waals surface area contributed by atoms with Crippen LogP contribution in [0.15, 0.2) is 182 Å². The predicted octanol–water partition coefficient (Wildman–Crippen LogP) is 22.8. The average molecular weight is 1490 g/mol. The van der Waals surface area contributed by atoms with Gasteiger partial charge in [0.25, 0.3) is 0 Å². The summed E-state index contributed by atoms with van der Waals surface area (Å²) in [4.78, 5) is 72.9. The lowest BCUT2D eigenvalue weighted by Crippen LogP contribution is -2.30. The van der Waals surface area contributed by atoms with Crippen LogP contribution in [0, 0.1) is 0 Å². The number of hydrogen-bond donors (Lipinski definition) is 3. The summed E-state index contributed by atoms with van der Waals surface area (Å²) in [5.74, 6) is -2.44. The lowest BCUT2D eigenvalue weighted by molar-refractivity contribution is -0.161. The number of rotatable bonds is 71. The number of ether oxygens (including phenoxy) is 4. The van der Waals surface area contributed by atoms with Crippen molar-refractivity contribution in [3.8, 4) is 0 Å². The second-order valence-corrected chi connectivity index (χ2v) is 28.1. The van der Waals surface area contributed by atoms with Gasteiger partial charge in [0.15, 0.2) is 12.2 Å². The Balaban J connectivity index is 5.51. The van der Waals surface area contributed by atoms with E-state index < -0.39 is 97.5 Å². The molecule has 0 aliphatic carbocycles. The molecule has 0 amide bonds. The highest BCUT2D eigenvalue weighted by Gasteiger charge is 2.30. The molecule has 588 valence electrons. The third-order valence-electron chi connectivity index (χ3n) is 15.4. The van der Waals surface area contributed by atoms with Crippen LogP contribution in [0.2, 0.25) is 0 Å². The summed E-state index contributed by atoms with van der Waals surface area (Å²) in [5, 5.41) is 10.6. The first-order valence-electron chi connectivity index (χ1n) is 39.0. The van der Waals surface area contributed by atoms with Gasteiger partial charge < -0.3 is 33.8 Å². The fourth-order valence-corrected chi connectivity index (χ4v) is 11.1. The van der Waals surface area contributed by atoms with Crippen LogP contribution in [0.1, 0.15) is 272 Å². The molecule has 17 nitrogen and oxygen atoms in total. The van der Waals surface area contributed by atoms with E-state index in [0.29, 0.717) is 32.1 Å². The molecule has 0 spiro atoms. The van der Waals surface area contributed by atoms with Crippen molar-refractivity contribution in [3.63, 3.8) is 0 Å². The first-order valence-corrected chi connectivity index (χ1v) is 42.0. The van der Waals surface area contributed by atoms with E-state index in [1.165, 1.54) is 38.5 Å². The number of phosphoric acid groups is 2. The number of hydrogen-bond acceptors (Lipinski definition) is 15. The Morgan fingerprint density at radius 3 is 0.894 bits per heavy atom. The van der Waals surface area contributed by atoms with E-state index in [1.807, 2.05) is 24.3 Å². The Morgan fingerprint density at radius 2 is 0.538 bits per heavy atom. The highest BCUT2D eigenvalue weighted by Crippen LogP contribution is 2.45. The van der Waals surface area contributed by atoms with E-state index >= 15 is 0 Å². The number of carbonyl (C=O) groups excluding carboxylic acids is 4. The van der Waals surface area contributed by atoms with Crippen LogP contribution in [0.3, 0.4) is 0 Å². The third kappa shape index (κ3) is 74.4. The predicted molar refractivity (Wildman–Crippen MR) is 426 cm³/mol. The van der Waals surface area contributed by atoms with E-state index in [1.54, 1.807) is 6.08 Å². The molecule has 0 aromatic carbocycles. The minimum atomic E-state index is -5.02. The number of unbranched alkanes of at least 4 members (excludes halogenated alkanes) is 16. The SMILES string of the molecule is CC/C=C\C/C=C\C/C=C\C/C=C\C/C=C\CCCCCC(=O)OCC(COP(=O)(O)OCC(O)COP(=O)(O)OCC(COC(=O)C/C=C\C/C=C\C/C=C\C/C=C\C/C=C\CC)OC(=O)CCCC/C=C\C/C=C\C/C=C\C/C=C\CC)OC(=O)CCCCCCC/C=C\CCCCCCCC. The lowest BCUT2D eigenvalue weighted by Gasteiger charge is -2.21. The van der Waals surface area contributed by atoms with Crippen molar-refractivity contribution in [1.29, 1.82) is 0 Å². The first-order chi connectivity index (χ1) is 50.7. The molecule has 0 radical (unpaired) electrons. The highest BCUT2D eigenvalue weighted by molar-refractivity contribution is 7.47. The number of aliphatic hydroxyl groups excluding tert-OH is 1. The number of allylic oxidation sites excluding steroid dienone is 29. The summed E-state index contributed by atoms with van der Waals surface area (Å²) in [6.45, 7) is 4.29. The van der Waals surface area contributed by atoms with Crippen LogP contribution >= 0.6 is 15.6 Å². The second-order valence-electron chi connectivity index (χ2n) is 25.2. The van der Waals surface area contributed by atoms with Crippen molar-refractivity contribution in [3.05, 3.63) is 182 Å². The molecule has 0 aromatic rings. The minimum absolute atomic E-state index is 0.0155. The van der Waals surface area contributed by atoms with Crippen LogP contribution < -0.4 is 0 Å². The quantitative estimate of drug-likeness (QED) is 0.0169. The molecule has 0 aliphatic heterocycles. The van der Waals surface area contributed by atoms with Crippen LogP contribution in [0.4, 0.5) is 0 Å². The number of esters is 4. The summed E-state index contributed by atoms with van der Waals surface area (Å²) in [5.41, 5.74) is 0. The van der Waals surface area contributed by atoms with Crippen LogP contribution in [0.25, 0.3) is 0 Å². The molecule has 0 fully saturated rings. The Morgan fingerprint density at radius 1 is 0.288 bits per heavy atom. The molecule has 0 heterocycles. The van der Waals surface area contributed by atoms with Crippen molar-refractivity contribution in [2.75, 3.05) is 39.6 Å². The van der Waals surface area contributed by atoms with Gasteiger partial charge in [0.05, 0.1) is 32.8 Å². The monoisotopic (exact) mass is 1490 g/mol. The Labute approximate surface area is 628 Å². The van der Waals surface area contributed by atoms with Crippen molar-refractivity contribution >= 4 is 39.5 Å². The standard InChI is InChI=1S/C85H136O17P2/c1-5-9-13-17-21-25-29-33-37-38-39-40-44-46-50-54-58-62-66-70-83(88)96-76-81(102-85(90)72-68-64-60-56-52-48-43-36-32-28-24-20-16-12-8-4)78-100-104(93,94)98-74-79(86)73-97-103(91,92)99-77-80(101-84(89)71-67-63-59-55-51-47-42-35-31-27-23-19-15-11-7-3)75-95-82(87)69-65-61-57-53-49-45-41-34-30-26-22-18-14-10-6-2/h9-11,13-15,21-23,25-27,33-37,39-43,46,49-51,53,55,61,65,79-81,86H,5-8,12,16-20,24,28-32,38,44-45,47-48,52,54,56-60,62-64,66-78H2,1-4H3,(H,91,92)(H,93,94)/b13-9-,14-10-,15-11-,25-21-,26-22-,27-23-,37-33-,40-39-,41-34-,42-35-,43-36-,50-46-,53-49-,55-51-,65-61-. The number of aliphatic hydroxyl groups is 1. The molecule has 19 heteroatoms. The van der Waals surface area contributed by atoms with Gasteiger partial charge in [-0.15, -0.1) is 0 Å². The van der Waals surface area contributed by atoms with Crippen LogP contribution in [0.5, 0.6) is 0 Å². The van der Waals surface area contributed by atoms with Gasteiger partial charge >= 0.3 is 39.5 Å². The summed E-state index contributed by atoms with van der Waals surface area (Å²) in [6.07, 6.45) is 90.6. The summed E-state index contributed by atoms with van der Waals surface area (Å²) < 4.78 is 68.3. The van der Waals surface area contributed by atoms with Crippen LogP contribution in [-0.4, -0.2) is 96.7 Å². The Kier molecular flexibility index (Phi) is 71.2. The first kappa shape index (κ1) is 98.2. The maximum atomic E-state index is 13.1. The van der Waals surface area contributed by atoms with E-state index in [-0.39, 0.29) is 25.7 Å². The van der Waals surface area contributed by atoms with Gasteiger partial charge in [-0.1, -0.05) is 268 Å². The summed E-state index contributed by atoms with van der Waals surface area (Å²) >= 11 is 0. The molecular weight excluding hydrogens is 1350 g/mol. The summed E-state index contributed by atoms with van der Waals surface area (Å²) in [6, 6.07) is 0. The maximum absolute atomic E-state index is 13.1. The van der Waals surface area contributed by atoms with Crippen molar-refractivity contribution < 1.29 is 80.2 Å². The molecule has 0 bridgehead atoms. The molecule has 0 saturated heterocycles. The smallest absolute Gasteiger partial charge is 0.462 e. The van der Waals surface area contributed by atoms with E-state index in [2.05, 4.69) is 180 Å². The fraction of sp³-hybridized carbons (Fsp3) is 0.600. The zero-order valence-corrected chi connectivity index (χ0v) is 65.9. The molecular formula is C85H136O17P2. The van der Waals surface area contributed by atoms with Gasteiger partial charge in [-0.3, -0.25) is 37.3 Å². The second kappa shape index (κ2) is 75.4. The highest BCUT2D eigenvalue weighted by atomic mass is 31.2. The molecule has 0 saturated carbocycles. The maximum Gasteiger partial charge on any atom is 0.472 e. The lowest BCUT2D eigenvalue weighted by atomic mass is 10.1. The topological polar surface area (TPSA) is 237 Å². The zero-order valence-electron chi connectivity index (χ0n) is 64.1. The third-order valence-corrected chi connectivity index (χ3v) is 17.3. The van der Waals surface area contributed by atoms with E-state index in [4.69, 9.17) is 37.0 Å². The molecule has 0 aromatic heterocycles. The molecule has 0 aliphatic rings. The van der Waals surface area contributed by atoms with Gasteiger partial charge in [0.1, 0.15) is 19.3 Å². The van der Waals surface area contributed by atoms with Crippen molar-refractivity contribution in [2.24, 2.45) is 0 Å². The molecule has 3 N–H and O–H groups in total. The Bertz CT molecular complexity index is 2690. The normalized spacial score (nSPS) is 14.9. The van der Waals surface area contributed by atoms with E-state index in [0.717, 1.165) is 148 Å². The average Bonchev–Trinajstić information content (AvgIpc) is 0.918. The van der Waals surface area contributed by atoms with E-state index in [9.17, 15) is 43.2 Å². The van der Waals surface area contributed by atoms with Crippen LogP contribution in [-0.2, 0) is 65.4 Å². The molecule has 0 rings (SSSR count). The zero-order chi connectivity index (χ0) is 76.0.